The highest BCUT2D eigenvalue weighted by Gasteiger charge is 2.10. The predicted molar refractivity (Wildman–Crippen MR) is 94.3 cm³/mol. The van der Waals surface area contributed by atoms with Crippen molar-refractivity contribution in [1.82, 2.24) is 19.8 Å². The summed E-state index contributed by atoms with van der Waals surface area (Å²) in [6, 6.07) is 15.4. The fourth-order valence-corrected chi connectivity index (χ4v) is 3.24. The monoisotopic (exact) mass is 306 g/mol. The lowest BCUT2D eigenvalue weighted by molar-refractivity contribution is 0.233. The van der Waals surface area contributed by atoms with Gasteiger partial charge in [0.25, 0.3) is 0 Å². The highest BCUT2D eigenvalue weighted by Crippen LogP contribution is 2.24. The van der Waals surface area contributed by atoms with Gasteiger partial charge in [0.1, 0.15) is 0 Å². The Kier molecular flexibility index (Phi) is 3.85. The predicted octanol–water partition coefficient (Wildman–Crippen LogP) is 2.65. The van der Waals surface area contributed by atoms with E-state index in [-0.39, 0.29) is 0 Å². The second kappa shape index (κ2) is 6.14. The maximum Gasteiger partial charge on any atom is 0.0955 e. The van der Waals surface area contributed by atoms with Crippen molar-refractivity contribution in [1.29, 1.82) is 0 Å². The van der Waals surface area contributed by atoms with Crippen molar-refractivity contribution >= 4 is 11.0 Å². The highest BCUT2D eigenvalue weighted by molar-refractivity contribution is 5.82. The summed E-state index contributed by atoms with van der Waals surface area (Å²) >= 11 is 0. The summed E-state index contributed by atoms with van der Waals surface area (Å²) < 4.78 is 2.07. The number of benzene rings is 2. The van der Waals surface area contributed by atoms with Gasteiger partial charge in [0.15, 0.2) is 0 Å². The molecule has 0 spiro atoms. The van der Waals surface area contributed by atoms with Gasteiger partial charge in [0.05, 0.1) is 17.4 Å². The van der Waals surface area contributed by atoms with Crippen molar-refractivity contribution in [3.8, 4) is 11.1 Å². The number of rotatable bonds is 3. The Morgan fingerprint density at radius 2 is 1.74 bits per heavy atom. The Hall–Kier alpha value is -2.17. The summed E-state index contributed by atoms with van der Waals surface area (Å²) in [5.74, 6) is 0. The molecule has 0 amide bonds. The number of aryl methyl sites for hydroxylation is 1. The molecule has 0 saturated carbocycles. The van der Waals surface area contributed by atoms with E-state index in [1.165, 1.54) is 22.2 Å². The van der Waals surface area contributed by atoms with Crippen molar-refractivity contribution < 1.29 is 0 Å². The van der Waals surface area contributed by atoms with Crippen molar-refractivity contribution in [3.63, 3.8) is 0 Å². The molecule has 1 aromatic heterocycles. The lowest BCUT2D eigenvalue weighted by Gasteiger charge is -2.27. The Balaban J connectivity index is 1.55. The van der Waals surface area contributed by atoms with Crippen LogP contribution < -0.4 is 5.32 Å². The van der Waals surface area contributed by atoms with Crippen LogP contribution in [0.4, 0.5) is 0 Å². The van der Waals surface area contributed by atoms with E-state index in [9.17, 15) is 0 Å². The standard InChI is InChI=1S/C19H22N4/c1-22-14-21-18-7-6-17(12-19(18)22)16-4-2-15(3-5-16)13-23-10-8-20-9-11-23/h2-7,12,14,20H,8-11,13H2,1H3. The molecule has 1 aliphatic rings. The third-order valence-corrected chi connectivity index (χ3v) is 4.63. The zero-order chi connectivity index (χ0) is 15.6. The van der Waals surface area contributed by atoms with Crippen LogP contribution in [-0.4, -0.2) is 40.6 Å². The molecule has 0 aliphatic carbocycles. The molecule has 1 N–H and O–H groups in total. The van der Waals surface area contributed by atoms with E-state index in [4.69, 9.17) is 0 Å². The van der Waals surface area contributed by atoms with Crippen molar-refractivity contribution in [2.75, 3.05) is 26.2 Å². The van der Waals surface area contributed by atoms with Gasteiger partial charge in [0.2, 0.25) is 0 Å². The molecule has 1 aliphatic heterocycles. The smallest absolute Gasteiger partial charge is 0.0955 e. The van der Waals surface area contributed by atoms with Gasteiger partial charge in [-0.1, -0.05) is 30.3 Å². The number of fused-ring (bicyclic) bond motifs is 1. The molecular weight excluding hydrogens is 284 g/mol. The first-order valence-corrected chi connectivity index (χ1v) is 8.23. The number of imidazole rings is 1. The van der Waals surface area contributed by atoms with Gasteiger partial charge < -0.3 is 9.88 Å². The molecule has 2 heterocycles. The molecule has 0 bridgehead atoms. The van der Waals surface area contributed by atoms with E-state index >= 15 is 0 Å². The number of hydrogen-bond donors (Lipinski definition) is 1. The molecule has 4 rings (SSSR count). The van der Waals surface area contributed by atoms with Gasteiger partial charge in [-0.15, -0.1) is 0 Å². The second-order valence-electron chi connectivity index (χ2n) is 6.28. The quantitative estimate of drug-likeness (QED) is 0.807. The number of nitrogens with one attached hydrogen (secondary N) is 1. The van der Waals surface area contributed by atoms with Crippen LogP contribution in [0, 0.1) is 0 Å². The lowest BCUT2D eigenvalue weighted by atomic mass is 10.0. The molecule has 4 heteroatoms. The number of nitrogens with zero attached hydrogens (tertiary/aromatic N) is 3. The number of hydrogen-bond acceptors (Lipinski definition) is 3. The molecule has 0 radical (unpaired) electrons. The average Bonchev–Trinajstić information content (AvgIpc) is 2.97. The molecule has 3 aromatic rings. The second-order valence-corrected chi connectivity index (χ2v) is 6.28. The van der Waals surface area contributed by atoms with Gasteiger partial charge >= 0.3 is 0 Å². The topological polar surface area (TPSA) is 33.1 Å². The SMILES string of the molecule is Cn1cnc2ccc(-c3ccc(CN4CCNCC4)cc3)cc21. The Labute approximate surface area is 136 Å². The lowest BCUT2D eigenvalue weighted by Crippen LogP contribution is -2.42. The fraction of sp³-hybridized carbons (Fsp3) is 0.316. The van der Waals surface area contributed by atoms with Crippen LogP contribution in [0.1, 0.15) is 5.56 Å². The van der Waals surface area contributed by atoms with Crippen LogP contribution in [0.5, 0.6) is 0 Å². The van der Waals surface area contributed by atoms with Crippen LogP contribution in [-0.2, 0) is 13.6 Å². The first-order chi connectivity index (χ1) is 11.3. The fourth-order valence-electron chi connectivity index (χ4n) is 3.24. The zero-order valence-corrected chi connectivity index (χ0v) is 13.5. The summed E-state index contributed by atoms with van der Waals surface area (Å²) in [6.07, 6.45) is 1.87. The van der Waals surface area contributed by atoms with Crippen molar-refractivity contribution in [2.24, 2.45) is 7.05 Å². The number of aromatic nitrogens is 2. The van der Waals surface area contributed by atoms with Gasteiger partial charge in [-0.2, -0.15) is 0 Å². The van der Waals surface area contributed by atoms with Crippen molar-refractivity contribution in [3.05, 3.63) is 54.4 Å². The summed E-state index contributed by atoms with van der Waals surface area (Å²) in [6.45, 7) is 5.52. The summed E-state index contributed by atoms with van der Waals surface area (Å²) in [5.41, 5.74) is 6.11. The Bertz CT molecular complexity index is 798. The van der Waals surface area contributed by atoms with E-state index in [1.54, 1.807) is 0 Å². The molecule has 1 fully saturated rings. The van der Waals surface area contributed by atoms with Gasteiger partial charge in [0, 0.05) is 39.8 Å². The molecular formula is C19H22N4. The van der Waals surface area contributed by atoms with Gasteiger partial charge in [-0.25, -0.2) is 4.98 Å². The van der Waals surface area contributed by atoms with E-state index in [2.05, 4.69) is 62.2 Å². The number of piperazine rings is 1. The minimum Gasteiger partial charge on any atom is -0.334 e. The van der Waals surface area contributed by atoms with Crippen LogP contribution in [0.2, 0.25) is 0 Å². The minimum atomic E-state index is 1.04. The highest BCUT2D eigenvalue weighted by atomic mass is 15.2. The van der Waals surface area contributed by atoms with E-state index in [1.807, 2.05) is 13.4 Å². The maximum atomic E-state index is 4.38. The average molecular weight is 306 g/mol. The van der Waals surface area contributed by atoms with Crippen molar-refractivity contribution in [2.45, 2.75) is 6.54 Å². The van der Waals surface area contributed by atoms with Crippen LogP contribution >= 0.6 is 0 Å². The Morgan fingerprint density at radius 3 is 2.52 bits per heavy atom. The van der Waals surface area contributed by atoms with E-state index in [0.29, 0.717) is 0 Å². The van der Waals surface area contributed by atoms with Crippen LogP contribution in [0.25, 0.3) is 22.2 Å². The zero-order valence-electron chi connectivity index (χ0n) is 13.5. The maximum absolute atomic E-state index is 4.38. The summed E-state index contributed by atoms with van der Waals surface area (Å²) in [4.78, 5) is 6.89. The van der Waals surface area contributed by atoms with E-state index in [0.717, 1.165) is 38.2 Å². The molecule has 1 saturated heterocycles. The van der Waals surface area contributed by atoms with E-state index < -0.39 is 0 Å². The minimum absolute atomic E-state index is 1.04. The molecule has 0 unspecified atom stereocenters. The van der Waals surface area contributed by atoms with Gasteiger partial charge in [-0.3, -0.25) is 4.90 Å². The normalized spacial score (nSPS) is 16.0. The molecule has 23 heavy (non-hydrogen) atoms. The first-order valence-electron chi connectivity index (χ1n) is 8.23. The third kappa shape index (κ3) is 3.00. The van der Waals surface area contributed by atoms with Crippen LogP contribution in [0.15, 0.2) is 48.8 Å². The molecule has 118 valence electrons. The summed E-state index contributed by atoms with van der Waals surface area (Å²) in [7, 11) is 2.04. The molecule has 0 atom stereocenters. The Morgan fingerprint density at radius 1 is 1.00 bits per heavy atom. The largest absolute Gasteiger partial charge is 0.334 e. The molecule has 2 aromatic carbocycles. The first kappa shape index (κ1) is 14.4. The van der Waals surface area contributed by atoms with Crippen LogP contribution in [0.3, 0.4) is 0 Å². The summed E-state index contributed by atoms with van der Waals surface area (Å²) in [5, 5.41) is 3.40. The molecule has 4 nitrogen and oxygen atoms in total. The third-order valence-electron chi connectivity index (χ3n) is 4.63. The van der Waals surface area contributed by atoms with Gasteiger partial charge in [-0.05, 0) is 28.8 Å².